The van der Waals surface area contributed by atoms with E-state index in [4.69, 9.17) is 4.42 Å². The van der Waals surface area contributed by atoms with Gasteiger partial charge in [0, 0.05) is 11.5 Å². The zero-order chi connectivity index (χ0) is 14.4. The van der Waals surface area contributed by atoms with Crippen LogP contribution in [0.5, 0.6) is 0 Å². The minimum absolute atomic E-state index is 0.446. The maximum Gasteiger partial charge on any atom is 0.137 e. The van der Waals surface area contributed by atoms with E-state index in [1.165, 1.54) is 36.8 Å². The Morgan fingerprint density at radius 3 is 2.40 bits per heavy atom. The molecule has 1 aromatic heterocycles. The molecule has 0 aliphatic carbocycles. The van der Waals surface area contributed by atoms with Crippen molar-refractivity contribution in [3.05, 3.63) is 47.7 Å². The Labute approximate surface area is 123 Å². The number of unbranched alkanes of at least 4 members (excludes halogenated alkanes) is 3. The van der Waals surface area contributed by atoms with Crippen molar-refractivity contribution in [3.63, 3.8) is 0 Å². The van der Waals surface area contributed by atoms with Crippen molar-refractivity contribution < 1.29 is 4.42 Å². The fourth-order valence-electron chi connectivity index (χ4n) is 2.50. The van der Waals surface area contributed by atoms with Crippen LogP contribution >= 0.6 is 0 Å². The molecule has 2 rings (SSSR count). The Hall–Kier alpha value is -1.50. The maximum atomic E-state index is 6.12. The summed E-state index contributed by atoms with van der Waals surface area (Å²) in [6, 6.07) is 12.7. The largest absolute Gasteiger partial charge is 0.461 e. The van der Waals surface area contributed by atoms with Crippen LogP contribution in [0.1, 0.15) is 63.7 Å². The highest BCUT2D eigenvalue weighted by Crippen LogP contribution is 2.31. The van der Waals surface area contributed by atoms with Crippen LogP contribution in [-0.2, 0) is 6.42 Å². The molecule has 108 valence electrons. The van der Waals surface area contributed by atoms with Gasteiger partial charge in [0.15, 0.2) is 0 Å². The second-order valence-electron chi connectivity index (χ2n) is 5.83. The number of furan rings is 1. The Kier molecular flexibility index (Phi) is 5.46. The first-order valence-corrected chi connectivity index (χ1v) is 7.90. The van der Waals surface area contributed by atoms with E-state index < -0.39 is 0 Å². The Morgan fingerprint density at radius 2 is 1.75 bits per heavy atom. The van der Waals surface area contributed by atoms with Crippen molar-refractivity contribution in [2.45, 2.75) is 58.8 Å². The average molecular weight is 270 g/mol. The first kappa shape index (κ1) is 14.9. The predicted molar refractivity (Wildman–Crippen MR) is 86.1 cm³/mol. The van der Waals surface area contributed by atoms with E-state index in [0.717, 1.165) is 17.9 Å². The molecule has 0 fully saturated rings. The predicted octanol–water partition coefficient (Wildman–Crippen LogP) is 6.19. The summed E-state index contributed by atoms with van der Waals surface area (Å²) < 4.78 is 6.12. The first-order valence-electron chi connectivity index (χ1n) is 7.90. The van der Waals surface area contributed by atoms with Crippen LogP contribution in [0.25, 0.3) is 11.3 Å². The topological polar surface area (TPSA) is 13.1 Å². The summed E-state index contributed by atoms with van der Waals surface area (Å²) >= 11 is 0. The number of rotatable bonds is 7. The van der Waals surface area contributed by atoms with Crippen LogP contribution in [0.2, 0.25) is 0 Å². The van der Waals surface area contributed by atoms with E-state index in [0.29, 0.717) is 5.92 Å². The zero-order valence-electron chi connectivity index (χ0n) is 13.0. The lowest BCUT2D eigenvalue weighted by Gasteiger charge is -2.03. The molecule has 0 aliphatic rings. The summed E-state index contributed by atoms with van der Waals surface area (Å²) in [7, 11) is 0. The highest BCUT2D eigenvalue weighted by Gasteiger charge is 2.14. The lowest BCUT2D eigenvalue weighted by atomic mass is 10.0. The summed E-state index contributed by atoms with van der Waals surface area (Å²) in [5, 5.41) is 0. The number of benzene rings is 1. The van der Waals surface area contributed by atoms with E-state index in [1.54, 1.807) is 0 Å². The molecule has 0 aliphatic heterocycles. The quantitative estimate of drug-likeness (QED) is 0.546. The zero-order valence-corrected chi connectivity index (χ0v) is 13.0. The van der Waals surface area contributed by atoms with Gasteiger partial charge in [-0.15, -0.1) is 0 Å². The molecule has 2 aromatic rings. The standard InChI is InChI=1S/C19H26O/c1-4-5-6-8-13-17-14-18(15(2)3)20-19(17)16-11-9-7-10-12-16/h7,9-12,14-15H,4-6,8,13H2,1-3H3. The molecular formula is C19H26O. The minimum atomic E-state index is 0.446. The van der Waals surface area contributed by atoms with Gasteiger partial charge in [-0.1, -0.05) is 70.4 Å². The highest BCUT2D eigenvalue weighted by molar-refractivity contribution is 5.62. The molecular weight excluding hydrogens is 244 g/mol. The van der Waals surface area contributed by atoms with Crippen LogP contribution in [0.15, 0.2) is 40.8 Å². The number of aryl methyl sites for hydroxylation is 1. The third-order valence-electron chi connectivity index (χ3n) is 3.73. The normalized spacial score (nSPS) is 11.2. The van der Waals surface area contributed by atoms with Gasteiger partial charge < -0.3 is 4.42 Å². The molecule has 1 heteroatoms. The lowest BCUT2D eigenvalue weighted by Crippen LogP contribution is -1.87. The molecule has 1 aromatic carbocycles. The van der Waals surface area contributed by atoms with E-state index in [1.807, 2.05) is 0 Å². The Bertz CT molecular complexity index is 508. The summed E-state index contributed by atoms with van der Waals surface area (Å²) in [6.07, 6.45) is 6.31. The molecule has 0 amide bonds. The third-order valence-corrected chi connectivity index (χ3v) is 3.73. The molecule has 0 saturated carbocycles. The van der Waals surface area contributed by atoms with Crippen molar-refractivity contribution in [1.82, 2.24) is 0 Å². The Morgan fingerprint density at radius 1 is 1.00 bits per heavy atom. The van der Waals surface area contributed by atoms with Gasteiger partial charge in [-0.05, 0) is 24.5 Å². The van der Waals surface area contributed by atoms with Crippen LogP contribution in [0, 0.1) is 0 Å². The van der Waals surface area contributed by atoms with E-state index in [9.17, 15) is 0 Å². The molecule has 0 N–H and O–H groups in total. The summed E-state index contributed by atoms with van der Waals surface area (Å²) in [5.74, 6) is 2.63. The number of hydrogen-bond acceptors (Lipinski definition) is 1. The fourth-order valence-corrected chi connectivity index (χ4v) is 2.50. The third kappa shape index (κ3) is 3.75. The second kappa shape index (κ2) is 7.33. The van der Waals surface area contributed by atoms with Gasteiger partial charge in [0.05, 0.1) is 0 Å². The summed E-state index contributed by atoms with van der Waals surface area (Å²) in [6.45, 7) is 6.63. The van der Waals surface area contributed by atoms with Gasteiger partial charge in [0.25, 0.3) is 0 Å². The molecule has 1 nitrogen and oxygen atoms in total. The van der Waals surface area contributed by atoms with Crippen molar-refractivity contribution in [3.8, 4) is 11.3 Å². The Balaban J connectivity index is 2.20. The van der Waals surface area contributed by atoms with Gasteiger partial charge in [0.2, 0.25) is 0 Å². The highest BCUT2D eigenvalue weighted by atomic mass is 16.3. The fraction of sp³-hybridized carbons (Fsp3) is 0.474. The monoisotopic (exact) mass is 270 g/mol. The maximum absolute atomic E-state index is 6.12. The molecule has 0 atom stereocenters. The van der Waals surface area contributed by atoms with Crippen molar-refractivity contribution in [2.24, 2.45) is 0 Å². The SMILES string of the molecule is CCCCCCc1cc(C(C)C)oc1-c1ccccc1. The molecule has 0 saturated heterocycles. The van der Waals surface area contributed by atoms with Gasteiger partial charge >= 0.3 is 0 Å². The smallest absolute Gasteiger partial charge is 0.137 e. The van der Waals surface area contributed by atoms with Crippen molar-refractivity contribution in [1.29, 1.82) is 0 Å². The van der Waals surface area contributed by atoms with Gasteiger partial charge in [-0.2, -0.15) is 0 Å². The van der Waals surface area contributed by atoms with E-state index in [-0.39, 0.29) is 0 Å². The summed E-state index contributed by atoms with van der Waals surface area (Å²) in [5.41, 5.74) is 2.57. The minimum Gasteiger partial charge on any atom is -0.461 e. The van der Waals surface area contributed by atoms with Crippen molar-refractivity contribution >= 4 is 0 Å². The van der Waals surface area contributed by atoms with E-state index in [2.05, 4.69) is 57.2 Å². The molecule has 0 spiro atoms. The summed E-state index contributed by atoms with van der Waals surface area (Å²) in [4.78, 5) is 0. The van der Waals surface area contributed by atoms with Crippen LogP contribution in [0.4, 0.5) is 0 Å². The van der Waals surface area contributed by atoms with Crippen molar-refractivity contribution in [2.75, 3.05) is 0 Å². The van der Waals surface area contributed by atoms with Gasteiger partial charge in [-0.25, -0.2) is 0 Å². The average Bonchev–Trinajstić information content (AvgIpc) is 2.89. The molecule has 1 heterocycles. The van der Waals surface area contributed by atoms with Crippen LogP contribution < -0.4 is 0 Å². The molecule has 0 unspecified atom stereocenters. The molecule has 0 bridgehead atoms. The van der Waals surface area contributed by atoms with E-state index >= 15 is 0 Å². The lowest BCUT2D eigenvalue weighted by molar-refractivity contribution is 0.497. The molecule has 0 radical (unpaired) electrons. The van der Waals surface area contributed by atoms with Gasteiger partial charge in [0.1, 0.15) is 11.5 Å². The first-order chi connectivity index (χ1) is 9.72. The van der Waals surface area contributed by atoms with Crippen LogP contribution in [-0.4, -0.2) is 0 Å². The van der Waals surface area contributed by atoms with Crippen LogP contribution in [0.3, 0.4) is 0 Å². The van der Waals surface area contributed by atoms with Gasteiger partial charge in [-0.3, -0.25) is 0 Å². The number of hydrogen-bond donors (Lipinski definition) is 0. The molecule has 20 heavy (non-hydrogen) atoms. The second-order valence-corrected chi connectivity index (χ2v) is 5.83.